The van der Waals surface area contributed by atoms with Gasteiger partial charge in [0.1, 0.15) is 0 Å². The average molecular weight is 573 g/mol. The molecular weight excluding hydrogens is 541 g/mol. The number of benzene rings is 1. The lowest BCUT2D eigenvalue weighted by molar-refractivity contribution is -0.139. The molecule has 3 heterocycles. The summed E-state index contributed by atoms with van der Waals surface area (Å²) in [5.74, 6) is -0.998. The molecule has 2 saturated heterocycles. The molecule has 0 radical (unpaired) electrons. The number of carboxylic acids is 1. The molecule has 11 nitrogen and oxygen atoms in total. The van der Waals surface area contributed by atoms with E-state index in [0.717, 1.165) is 22.6 Å². The van der Waals surface area contributed by atoms with Crippen molar-refractivity contribution in [3.05, 3.63) is 47.2 Å². The van der Waals surface area contributed by atoms with Crippen LogP contribution in [0, 0.1) is 0 Å². The molecule has 0 saturated carbocycles. The van der Waals surface area contributed by atoms with Gasteiger partial charge >= 0.3 is 18.2 Å². The maximum absolute atomic E-state index is 13.5. The number of nitrogens with one attached hydrogen (secondary N) is 1. The second-order valence-corrected chi connectivity index (χ2v) is 11.7. The number of amides is 1. The van der Waals surface area contributed by atoms with Crippen LogP contribution < -0.4 is 4.72 Å². The van der Waals surface area contributed by atoms with E-state index in [9.17, 15) is 31.2 Å². The highest BCUT2D eigenvalue weighted by atomic mass is 32.2. The Morgan fingerprint density at radius 1 is 1.05 bits per heavy atom. The number of nitrogens with zero attached hydrogens (tertiary/aromatic N) is 5. The van der Waals surface area contributed by atoms with Crippen molar-refractivity contribution in [1.29, 1.82) is 0 Å². The summed E-state index contributed by atoms with van der Waals surface area (Å²) in [5, 5.41) is 13.0. The predicted octanol–water partition coefficient (Wildman–Crippen LogP) is 2.32. The van der Waals surface area contributed by atoms with Crippen molar-refractivity contribution >= 4 is 27.8 Å². The molecule has 1 amide bonds. The summed E-state index contributed by atoms with van der Waals surface area (Å²) >= 11 is 0. The minimum atomic E-state index is -4.47. The molecule has 2 aromatic rings. The van der Waals surface area contributed by atoms with Gasteiger partial charge in [-0.15, -0.1) is 5.10 Å². The monoisotopic (exact) mass is 572 g/mol. The largest absolute Gasteiger partial charge is 0.480 e. The van der Waals surface area contributed by atoms with Gasteiger partial charge in [-0.2, -0.15) is 17.9 Å². The standard InChI is InChI=1S/C24H31F3N6O5S/c1-39(37,38)29-21-6-9-33(28-21)23(36)32-12-10-31(11-13-32)15-18-2-3-19(24(25,26)27)14-20(18)17-4-7-30(8-5-17)16-22(34)35/h2-3,6,9,14,17H,4-5,7-8,10-13,15-16H2,1H3,(H,28,29)(H,34,35). The summed E-state index contributed by atoms with van der Waals surface area (Å²) in [6.45, 7) is 3.09. The lowest BCUT2D eigenvalue weighted by Gasteiger charge is -2.36. The lowest BCUT2D eigenvalue weighted by Crippen LogP contribution is -2.49. The molecule has 2 aliphatic heterocycles. The molecule has 2 fully saturated rings. The minimum absolute atomic E-state index is 0.0353. The first-order valence-corrected chi connectivity index (χ1v) is 14.4. The Morgan fingerprint density at radius 2 is 1.72 bits per heavy atom. The van der Waals surface area contributed by atoms with E-state index >= 15 is 0 Å². The molecule has 214 valence electrons. The Kier molecular flexibility index (Phi) is 8.51. The fraction of sp³-hybridized carbons (Fsp3) is 0.542. The Hall–Kier alpha value is -3.17. The molecule has 0 unspecified atom stereocenters. The van der Waals surface area contributed by atoms with Crippen molar-refractivity contribution in [2.75, 3.05) is 56.8 Å². The van der Waals surface area contributed by atoms with Crippen molar-refractivity contribution in [1.82, 2.24) is 24.5 Å². The number of likely N-dealkylation sites (tertiary alicyclic amines) is 1. The number of hydrogen-bond acceptors (Lipinski definition) is 7. The second kappa shape index (κ2) is 11.5. The Morgan fingerprint density at radius 3 is 2.31 bits per heavy atom. The van der Waals surface area contributed by atoms with Crippen LogP contribution in [0.25, 0.3) is 0 Å². The SMILES string of the molecule is CS(=O)(=O)Nc1ccn(C(=O)N2CCN(Cc3ccc(C(F)(F)F)cc3C3CCN(CC(=O)O)CC3)CC2)n1. The van der Waals surface area contributed by atoms with Crippen LogP contribution in [0.15, 0.2) is 30.5 Å². The smallest absolute Gasteiger partial charge is 0.416 e. The fourth-order valence-electron chi connectivity index (χ4n) is 5.05. The van der Waals surface area contributed by atoms with Crippen LogP contribution in [-0.2, 0) is 27.5 Å². The van der Waals surface area contributed by atoms with E-state index in [0.29, 0.717) is 64.2 Å². The first-order chi connectivity index (χ1) is 18.3. The number of rotatable bonds is 7. The van der Waals surface area contributed by atoms with E-state index in [4.69, 9.17) is 5.11 Å². The summed E-state index contributed by atoms with van der Waals surface area (Å²) in [4.78, 5) is 29.3. The van der Waals surface area contributed by atoms with Crippen molar-refractivity contribution in [3.63, 3.8) is 0 Å². The highest BCUT2D eigenvalue weighted by Crippen LogP contribution is 2.36. The van der Waals surface area contributed by atoms with Crippen molar-refractivity contribution in [2.45, 2.75) is 31.5 Å². The summed E-state index contributed by atoms with van der Waals surface area (Å²) in [5.41, 5.74) is 0.734. The molecule has 0 spiro atoms. The van der Waals surface area contributed by atoms with Gasteiger partial charge in [0.25, 0.3) is 0 Å². The maximum Gasteiger partial charge on any atom is 0.416 e. The zero-order chi connectivity index (χ0) is 28.4. The number of anilines is 1. The Bertz CT molecular complexity index is 1300. The van der Waals surface area contributed by atoms with Crippen LogP contribution in [0.3, 0.4) is 0 Å². The predicted molar refractivity (Wildman–Crippen MR) is 136 cm³/mol. The number of piperidine rings is 1. The molecule has 1 aromatic heterocycles. The van der Waals surface area contributed by atoms with Gasteiger partial charge in [0.15, 0.2) is 5.82 Å². The van der Waals surface area contributed by atoms with Crippen LogP contribution in [0.1, 0.15) is 35.4 Å². The van der Waals surface area contributed by atoms with E-state index in [1.807, 2.05) is 0 Å². The van der Waals surface area contributed by atoms with Gasteiger partial charge in [-0.05, 0) is 55.1 Å². The highest BCUT2D eigenvalue weighted by molar-refractivity contribution is 7.92. The first kappa shape index (κ1) is 28.8. The van der Waals surface area contributed by atoms with Gasteiger partial charge in [0.2, 0.25) is 10.0 Å². The van der Waals surface area contributed by atoms with E-state index in [2.05, 4.69) is 14.7 Å². The van der Waals surface area contributed by atoms with Crippen molar-refractivity contribution in [2.24, 2.45) is 0 Å². The van der Waals surface area contributed by atoms with E-state index in [-0.39, 0.29) is 18.3 Å². The molecule has 0 bridgehead atoms. The summed E-state index contributed by atoms with van der Waals surface area (Å²) < 4.78 is 66.5. The van der Waals surface area contributed by atoms with Crippen LogP contribution >= 0.6 is 0 Å². The average Bonchev–Trinajstić information content (AvgIpc) is 3.30. The molecular formula is C24H31F3N6O5S. The summed E-state index contributed by atoms with van der Waals surface area (Å²) in [7, 11) is -3.53. The quantitative estimate of drug-likeness (QED) is 0.518. The van der Waals surface area contributed by atoms with Gasteiger partial charge in [-0.25, -0.2) is 13.2 Å². The van der Waals surface area contributed by atoms with Gasteiger partial charge < -0.3 is 10.0 Å². The Balaban J connectivity index is 1.41. The third kappa shape index (κ3) is 7.70. The summed E-state index contributed by atoms with van der Waals surface area (Å²) in [6, 6.07) is 4.83. The Labute approximate surface area is 224 Å². The molecule has 2 aliphatic rings. The van der Waals surface area contributed by atoms with E-state index < -0.39 is 33.8 Å². The van der Waals surface area contributed by atoms with E-state index in [1.54, 1.807) is 9.80 Å². The topological polar surface area (TPSA) is 128 Å². The van der Waals surface area contributed by atoms with Gasteiger partial charge in [-0.1, -0.05) is 6.07 Å². The zero-order valence-electron chi connectivity index (χ0n) is 21.4. The third-order valence-corrected chi connectivity index (χ3v) is 7.55. The number of carbonyl (C=O) groups is 2. The zero-order valence-corrected chi connectivity index (χ0v) is 22.2. The van der Waals surface area contributed by atoms with Crippen molar-refractivity contribution < 1.29 is 36.3 Å². The van der Waals surface area contributed by atoms with Gasteiger partial charge in [-0.3, -0.25) is 19.3 Å². The van der Waals surface area contributed by atoms with Gasteiger partial charge in [0.05, 0.1) is 18.4 Å². The molecule has 0 aliphatic carbocycles. The number of piperazine rings is 1. The van der Waals surface area contributed by atoms with Crippen LogP contribution in [0.2, 0.25) is 0 Å². The number of hydrogen-bond donors (Lipinski definition) is 2. The third-order valence-electron chi connectivity index (χ3n) is 6.97. The van der Waals surface area contributed by atoms with E-state index in [1.165, 1.54) is 24.4 Å². The molecule has 2 N–H and O–H groups in total. The number of carbonyl (C=O) groups excluding carboxylic acids is 1. The molecule has 4 rings (SSSR count). The van der Waals surface area contributed by atoms with Crippen LogP contribution in [0.5, 0.6) is 0 Å². The maximum atomic E-state index is 13.5. The highest BCUT2D eigenvalue weighted by Gasteiger charge is 2.33. The number of sulfonamides is 1. The molecule has 0 atom stereocenters. The first-order valence-electron chi connectivity index (χ1n) is 12.5. The molecule has 15 heteroatoms. The lowest BCUT2D eigenvalue weighted by atomic mass is 9.85. The summed E-state index contributed by atoms with van der Waals surface area (Å²) in [6.07, 6.45) is -0.962. The normalized spacial score (nSPS) is 18.3. The number of alkyl halides is 3. The van der Waals surface area contributed by atoms with Crippen molar-refractivity contribution in [3.8, 4) is 0 Å². The second-order valence-electron chi connectivity index (χ2n) is 9.92. The van der Waals surface area contributed by atoms with Gasteiger partial charge in [0, 0.05) is 45.0 Å². The number of halogens is 3. The number of aromatic nitrogens is 2. The fourth-order valence-corrected chi connectivity index (χ4v) is 5.54. The number of aliphatic carboxylic acids is 1. The molecule has 39 heavy (non-hydrogen) atoms. The number of carboxylic acid groups (broad SMARTS) is 1. The minimum Gasteiger partial charge on any atom is -0.480 e. The molecule has 1 aromatic carbocycles. The van der Waals surface area contributed by atoms with Crippen LogP contribution in [0.4, 0.5) is 23.8 Å². The van der Waals surface area contributed by atoms with Crippen LogP contribution in [-0.4, -0.2) is 102 Å².